The lowest BCUT2D eigenvalue weighted by Crippen LogP contribution is -2.24. The lowest BCUT2D eigenvalue weighted by atomic mass is 9.83. The summed E-state index contributed by atoms with van der Waals surface area (Å²) in [6, 6.07) is 23.9. The number of hydrogen-bond acceptors (Lipinski definition) is 5. The van der Waals surface area contributed by atoms with Gasteiger partial charge in [-0.25, -0.2) is 0 Å². The Kier molecular flexibility index (Phi) is 6.13. The zero-order chi connectivity index (χ0) is 26.4. The van der Waals surface area contributed by atoms with Crippen LogP contribution in [0.25, 0.3) is 28.0 Å². The molecule has 0 bridgehead atoms. The number of para-hydroxylation sites is 2. The Labute approximate surface area is 230 Å². The van der Waals surface area contributed by atoms with E-state index in [4.69, 9.17) is 11.6 Å². The second kappa shape index (κ2) is 9.49. The van der Waals surface area contributed by atoms with Gasteiger partial charge >= 0.3 is 0 Å². The van der Waals surface area contributed by atoms with Crippen molar-refractivity contribution in [2.45, 2.75) is 24.4 Å². The van der Waals surface area contributed by atoms with Crippen LogP contribution in [-0.2, 0) is 10.2 Å². The van der Waals surface area contributed by atoms with E-state index in [0.29, 0.717) is 16.0 Å². The van der Waals surface area contributed by atoms with Crippen molar-refractivity contribution in [1.82, 2.24) is 19.7 Å². The topological polar surface area (TPSA) is 66.8 Å². The third kappa shape index (κ3) is 4.12. The van der Waals surface area contributed by atoms with Gasteiger partial charge in [0.05, 0.1) is 5.75 Å². The maximum absolute atomic E-state index is 13.3. The molecule has 1 aliphatic rings. The summed E-state index contributed by atoms with van der Waals surface area (Å²) in [5, 5.41) is 11.4. The number of rotatable bonds is 6. The van der Waals surface area contributed by atoms with Crippen LogP contribution in [0.1, 0.15) is 19.4 Å². The van der Waals surface area contributed by atoms with Gasteiger partial charge in [-0.2, -0.15) is 0 Å². The molecule has 190 valence electrons. The number of nitrogens with zero attached hydrogens (tertiary/aromatic N) is 4. The van der Waals surface area contributed by atoms with Crippen LogP contribution in [-0.4, -0.2) is 38.3 Å². The first-order chi connectivity index (χ1) is 18.3. The normalized spacial score (nSPS) is 15.4. The number of halogens is 1. The molecule has 6 rings (SSSR count). The van der Waals surface area contributed by atoms with E-state index in [1.165, 1.54) is 17.3 Å². The summed E-state index contributed by atoms with van der Waals surface area (Å²) in [6.07, 6.45) is 3.72. The fourth-order valence-corrected chi connectivity index (χ4v) is 6.11. The summed E-state index contributed by atoms with van der Waals surface area (Å²) in [5.41, 5.74) is 5.93. The number of carbonyl (C=O) groups excluding carboxylic acids is 1. The largest absolute Gasteiger partial charge is 0.360 e. The maximum atomic E-state index is 13.3. The minimum absolute atomic E-state index is 0.0250. The molecule has 0 aliphatic carbocycles. The minimum atomic E-state index is -0.252. The average molecular weight is 540 g/mol. The van der Waals surface area contributed by atoms with Crippen molar-refractivity contribution in [1.29, 1.82) is 0 Å². The first-order valence-electron chi connectivity index (χ1n) is 12.3. The number of thioether (sulfide) groups is 1. The van der Waals surface area contributed by atoms with E-state index < -0.39 is 0 Å². The highest BCUT2D eigenvalue weighted by Crippen LogP contribution is 2.46. The number of H-pyrrole nitrogens is 1. The van der Waals surface area contributed by atoms with E-state index in [1.54, 1.807) is 6.08 Å². The van der Waals surface area contributed by atoms with E-state index in [1.807, 2.05) is 72.4 Å². The predicted octanol–water partition coefficient (Wildman–Crippen LogP) is 7.04. The van der Waals surface area contributed by atoms with Gasteiger partial charge in [0.1, 0.15) is 0 Å². The molecule has 1 N–H and O–H groups in total. The fraction of sp³-hybridized carbons (Fsp3) is 0.167. The number of likely N-dealkylation sites (N-methyl/N-ethyl adjacent to an activating group) is 1. The molecule has 0 radical (unpaired) electrons. The molecule has 0 spiro atoms. The lowest BCUT2D eigenvalue weighted by Gasteiger charge is -2.23. The van der Waals surface area contributed by atoms with Gasteiger partial charge in [0.2, 0.25) is 0 Å². The van der Waals surface area contributed by atoms with E-state index in [9.17, 15) is 4.79 Å². The zero-order valence-corrected chi connectivity index (χ0v) is 22.8. The minimum Gasteiger partial charge on any atom is -0.360 e. The van der Waals surface area contributed by atoms with Crippen molar-refractivity contribution in [3.05, 3.63) is 101 Å². The molecular formula is C30H26ClN5OS. The Morgan fingerprint density at radius 3 is 2.55 bits per heavy atom. The molecule has 2 aromatic heterocycles. The molecule has 38 heavy (non-hydrogen) atoms. The summed E-state index contributed by atoms with van der Waals surface area (Å²) in [5.74, 6) is 0.964. The van der Waals surface area contributed by atoms with Crippen LogP contribution in [0.2, 0.25) is 5.02 Å². The van der Waals surface area contributed by atoms with Crippen molar-refractivity contribution in [3.8, 4) is 17.1 Å². The molecular weight excluding hydrogens is 514 g/mol. The SMILES string of the molecule is CN1/C(=C\C(=O)CSc2nnc(-c3c[nH]c4ccccc34)n2-c2ccc(Cl)cc2)C(C)(C)c2ccccc21. The Hall–Kier alpha value is -3.81. The molecule has 0 atom stereocenters. The standard InChI is InChI=1S/C30H26ClN5OS/c1-30(2)24-9-5-7-11-26(24)35(3)27(30)16-21(37)18-38-29-34-33-28(36(29)20-14-12-19(31)13-15-20)23-17-32-25-10-6-4-8-22(23)25/h4-17,32H,18H2,1-3H3/b27-16-. The van der Waals surface area contributed by atoms with Crippen LogP contribution in [0.4, 0.5) is 5.69 Å². The zero-order valence-electron chi connectivity index (χ0n) is 21.3. The van der Waals surface area contributed by atoms with E-state index in [-0.39, 0.29) is 17.0 Å². The number of aromatic amines is 1. The van der Waals surface area contributed by atoms with Gasteiger partial charge in [-0.15, -0.1) is 10.2 Å². The Morgan fingerprint density at radius 2 is 1.76 bits per heavy atom. The van der Waals surface area contributed by atoms with Gasteiger partial charge in [0.15, 0.2) is 16.8 Å². The predicted molar refractivity (Wildman–Crippen MR) is 155 cm³/mol. The summed E-state index contributed by atoms with van der Waals surface area (Å²) in [4.78, 5) is 18.7. The van der Waals surface area contributed by atoms with Crippen LogP contribution < -0.4 is 4.90 Å². The summed E-state index contributed by atoms with van der Waals surface area (Å²) < 4.78 is 1.98. The quantitative estimate of drug-likeness (QED) is 0.185. The van der Waals surface area contributed by atoms with E-state index >= 15 is 0 Å². The highest BCUT2D eigenvalue weighted by Gasteiger charge is 2.38. The van der Waals surface area contributed by atoms with Gasteiger partial charge in [0.25, 0.3) is 0 Å². The van der Waals surface area contributed by atoms with Crippen molar-refractivity contribution < 1.29 is 4.79 Å². The molecule has 0 saturated heterocycles. The van der Waals surface area contributed by atoms with Crippen molar-refractivity contribution in [3.63, 3.8) is 0 Å². The summed E-state index contributed by atoms with van der Waals surface area (Å²) in [6.45, 7) is 4.32. The molecule has 3 heterocycles. The number of carbonyl (C=O) groups is 1. The maximum Gasteiger partial charge on any atom is 0.196 e. The molecule has 5 aromatic rings. The first kappa shape index (κ1) is 24.5. The highest BCUT2D eigenvalue weighted by molar-refractivity contribution is 7.99. The van der Waals surface area contributed by atoms with Crippen molar-refractivity contribution >= 4 is 45.7 Å². The Morgan fingerprint density at radius 1 is 1.03 bits per heavy atom. The molecule has 0 fully saturated rings. The van der Waals surface area contributed by atoms with Gasteiger partial charge in [-0.3, -0.25) is 9.36 Å². The van der Waals surface area contributed by atoms with Crippen LogP contribution in [0.3, 0.4) is 0 Å². The van der Waals surface area contributed by atoms with Crippen LogP contribution >= 0.6 is 23.4 Å². The Bertz CT molecular complexity index is 1700. The Balaban J connectivity index is 1.33. The number of fused-ring (bicyclic) bond motifs is 2. The van der Waals surface area contributed by atoms with Crippen molar-refractivity contribution in [2.24, 2.45) is 0 Å². The van der Waals surface area contributed by atoms with E-state index in [0.717, 1.165) is 33.5 Å². The molecule has 0 amide bonds. The van der Waals surface area contributed by atoms with Crippen LogP contribution in [0.5, 0.6) is 0 Å². The average Bonchev–Trinajstić information content (AvgIpc) is 3.58. The molecule has 6 nitrogen and oxygen atoms in total. The molecule has 3 aromatic carbocycles. The third-order valence-corrected chi connectivity index (χ3v) is 8.33. The molecule has 8 heteroatoms. The fourth-order valence-electron chi connectivity index (χ4n) is 5.21. The summed E-state index contributed by atoms with van der Waals surface area (Å²) in [7, 11) is 2.02. The van der Waals surface area contributed by atoms with Crippen molar-refractivity contribution in [2.75, 3.05) is 17.7 Å². The third-order valence-electron chi connectivity index (χ3n) is 7.13. The summed E-state index contributed by atoms with van der Waals surface area (Å²) >= 11 is 7.56. The smallest absolute Gasteiger partial charge is 0.196 e. The van der Waals surface area contributed by atoms with Gasteiger partial charge in [-0.1, -0.05) is 73.6 Å². The molecule has 0 unspecified atom stereocenters. The second-order valence-corrected chi connectivity index (χ2v) is 11.2. The first-order valence-corrected chi connectivity index (χ1v) is 13.7. The number of benzene rings is 3. The second-order valence-electron chi connectivity index (χ2n) is 9.85. The molecule has 1 aliphatic heterocycles. The molecule has 0 saturated carbocycles. The van der Waals surface area contributed by atoms with Gasteiger partial charge in [0, 0.05) is 63.3 Å². The van der Waals surface area contributed by atoms with Crippen LogP contribution in [0, 0.1) is 0 Å². The number of ketones is 1. The number of aromatic nitrogens is 4. The number of hydrogen-bond donors (Lipinski definition) is 1. The van der Waals surface area contributed by atoms with E-state index in [2.05, 4.69) is 52.1 Å². The van der Waals surface area contributed by atoms with Crippen LogP contribution in [0.15, 0.2) is 95.9 Å². The lowest BCUT2D eigenvalue weighted by molar-refractivity contribution is -0.112. The number of nitrogens with one attached hydrogen (secondary N) is 1. The number of allylic oxidation sites excluding steroid dienone is 2. The monoisotopic (exact) mass is 539 g/mol. The number of anilines is 1. The van der Waals surface area contributed by atoms with Gasteiger partial charge in [-0.05, 0) is 42.0 Å². The van der Waals surface area contributed by atoms with Gasteiger partial charge < -0.3 is 9.88 Å². The highest BCUT2D eigenvalue weighted by atomic mass is 35.5.